The van der Waals surface area contributed by atoms with Crippen LogP contribution in [0.15, 0.2) is 55.0 Å². The molecule has 0 aliphatic carbocycles. The van der Waals surface area contributed by atoms with Crippen LogP contribution in [0.2, 0.25) is 5.02 Å². The molecule has 0 saturated carbocycles. The number of piperidine rings is 1. The van der Waals surface area contributed by atoms with Crippen molar-refractivity contribution in [1.29, 1.82) is 0 Å². The number of methoxy groups -OCH3 is 1. The molecule has 5 nitrogen and oxygen atoms in total. The molecule has 0 bridgehead atoms. The molecule has 1 atom stereocenters. The zero-order chi connectivity index (χ0) is 25.1. The Bertz CT molecular complexity index is 1360. The Morgan fingerprint density at radius 2 is 1.83 bits per heavy atom. The van der Waals surface area contributed by atoms with E-state index in [4.69, 9.17) is 26.1 Å². The van der Waals surface area contributed by atoms with Crippen LogP contribution < -0.4 is 14.8 Å². The summed E-state index contributed by atoms with van der Waals surface area (Å²) in [4.78, 5) is 9.10. The van der Waals surface area contributed by atoms with Crippen LogP contribution in [0.4, 0.5) is 0 Å². The van der Waals surface area contributed by atoms with Gasteiger partial charge in [0.25, 0.3) is 0 Å². The van der Waals surface area contributed by atoms with Gasteiger partial charge in [0, 0.05) is 46.7 Å². The number of hydrogen-bond acceptors (Lipinski definition) is 5. The van der Waals surface area contributed by atoms with E-state index in [9.17, 15) is 0 Å². The number of aryl methyl sites for hydroxylation is 2. The largest absolute Gasteiger partial charge is 0.496 e. The highest BCUT2D eigenvalue weighted by molar-refractivity contribution is 6.34. The van der Waals surface area contributed by atoms with Crippen molar-refractivity contribution in [2.45, 2.75) is 45.6 Å². The van der Waals surface area contributed by atoms with Gasteiger partial charge < -0.3 is 14.8 Å². The Labute approximate surface area is 217 Å². The molecule has 3 heterocycles. The standard InChI is InChI=1S/C30H32ClN3O2/c1-19-12-20(2)14-21(13-19)25-18-34-28-16-27(31)23(26-17-32-10-7-29(26)35-3)15-24(28)30(25)36-11-8-22-6-4-5-9-33-22/h7,10,12-18,22,33H,4-6,8-9,11H2,1-3H3/t22-/m1/s1. The molecule has 1 N–H and O–H groups in total. The van der Waals surface area contributed by atoms with Crippen molar-refractivity contribution in [1.82, 2.24) is 15.3 Å². The topological polar surface area (TPSA) is 56.3 Å². The molecule has 2 aromatic carbocycles. The third kappa shape index (κ3) is 5.18. The zero-order valence-electron chi connectivity index (χ0n) is 21.1. The fourth-order valence-corrected chi connectivity index (χ4v) is 5.38. The number of nitrogens with one attached hydrogen (secondary N) is 1. The molecule has 186 valence electrons. The molecule has 1 saturated heterocycles. The Hall–Kier alpha value is -3.15. The van der Waals surface area contributed by atoms with Gasteiger partial charge in [-0.25, -0.2) is 0 Å². The Morgan fingerprint density at radius 1 is 1.00 bits per heavy atom. The predicted octanol–water partition coefficient (Wildman–Crippen LogP) is 7.15. The second-order valence-electron chi connectivity index (χ2n) is 9.59. The first-order chi connectivity index (χ1) is 17.5. The van der Waals surface area contributed by atoms with Gasteiger partial charge in [-0.1, -0.05) is 47.3 Å². The minimum Gasteiger partial charge on any atom is -0.496 e. The lowest BCUT2D eigenvalue weighted by atomic mass is 9.97. The lowest BCUT2D eigenvalue weighted by Crippen LogP contribution is -2.35. The van der Waals surface area contributed by atoms with Crippen molar-refractivity contribution >= 4 is 22.5 Å². The van der Waals surface area contributed by atoms with E-state index in [-0.39, 0.29) is 0 Å². The van der Waals surface area contributed by atoms with Crippen molar-refractivity contribution in [2.75, 3.05) is 20.3 Å². The summed E-state index contributed by atoms with van der Waals surface area (Å²) < 4.78 is 12.2. The van der Waals surface area contributed by atoms with Gasteiger partial charge in [0.2, 0.25) is 0 Å². The van der Waals surface area contributed by atoms with E-state index in [0.29, 0.717) is 17.7 Å². The maximum atomic E-state index is 6.75. The van der Waals surface area contributed by atoms with Crippen LogP contribution in [-0.4, -0.2) is 36.3 Å². The maximum Gasteiger partial charge on any atom is 0.138 e. The molecular formula is C30H32ClN3O2. The Balaban J connectivity index is 1.63. The van der Waals surface area contributed by atoms with E-state index in [1.165, 1.54) is 30.4 Å². The summed E-state index contributed by atoms with van der Waals surface area (Å²) >= 11 is 6.75. The minimum absolute atomic E-state index is 0.501. The number of fused-ring (bicyclic) bond motifs is 1. The highest BCUT2D eigenvalue weighted by Gasteiger charge is 2.19. The summed E-state index contributed by atoms with van der Waals surface area (Å²) in [5.74, 6) is 1.55. The van der Waals surface area contributed by atoms with Gasteiger partial charge in [0.15, 0.2) is 0 Å². The van der Waals surface area contributed by atoms with Gasteiger partial charge in [0.05, 0.1) is 24.3 Å². The van der Waals surface area contributed by atoms with Crippen LogP contribution in [0, 0.1) is 13.8 Å². The van der Waals surface area contributed by atoms with Crippen LogP contribution in [0.1, 0.15) is 36.8 Å². The first-order valence-corrected chi connectivity index (χ1v) is 13.0. The molecule has 0 unspecified atom stereocenters. The molecule has 1 aliphatic heterocycles. The van der Waals surface area contributed by atoms with Crippen molar-refractivity contribution in [3.05, 3.63) is 71.1 Å². The van der Waals surface area contributed by atoms with Crippen molar-refractivity contribution in [3.8, 4) is 33.8 Å². The average Bonchev–Trinajstić information content (AvgIpc) is 2.88. The van der Waals surface area contributed by atoms with Crippen LogP contribution in [0.25, 0.3) is 33.2 Å². The van der Waals surface area contributed by atoms with Gasteiger partial charge in [-0.3, -0.25) is 9.97 Å². The lowest BCUT2D eigenvalue weighted by molar-refractivity contribution is 0.271. The first kappa shape index (κ1) is 24.5. The average molecular weight is 502 g/mol. The van der Waals surface area contributed by atoms with Crippen molar-refractivity contribution in [3.63, 3.8) is 0 Å². The SMILES string of the molecule is COc1ccncc1-c1cc2c(OCC[C@H]3CCCCN3)c(-c3cc(C)cc(C)c3)cnc2cc1Cl. The van der Waals surface area contributed by atoms with Crippen LogP contribution in [0.5, 0.6) is 11.5 Å². The second-order valence-corrected chi connectivity index (χ2v) is 9.99. The highest BCUT2D eigenvalue weighted by Crippen LogP contribution is 2.42. The summed E-state index contributed by atoms with van der Waals surface area (Å²) in [5.41, 5.74) is 6.97. The third-order valence-electron chi connectivity index (χ3n) is 6.86. The molecule has 0 radical (unpaired) electrons. The van der Waals surface area contributed by atoms with Gasteiger partial charge in [0.1, 0.15) is 11.5 Å². The number of ether oxygens (including phenoxy) is 2. The second kappa shape index (κ2) is 10.9. The summed E-state index contributed by atoms with van der Waals surface area (Å²) in [6.07, 6.45) is 10.1. The molecular weight excluding hydrogens is 470 g/mol. The summed E-state index contributed by atoms with van der Waals surface area (Å²) in [7, 11) is 1.65. The smallest absolute Gasteiger partial charge is 0.138 e. The molecule has 0 amide bonds. The van der Waals surface area contributed by atoms with E-state index < -0.39 is 0 Å². The monoisotopic (exact) mass is 501 g/mol. The third-order valence-corrected chi connectivity index (χ3v) is 7.17. The van der Waals surface area contributed by atoms with E-state index in [1.54, 1.807) is 19.5 Å². The summed E-state index contributed by atoms with van der Waals surface area (Å²) in [6.45, 7) is 5.95. The number of benzene rings is 2. The van der Waals surface area contributed by atoms with Crippen LogP contribution in [0.3, 0.4) is 0 Å². The number of halogens is 1. The molecule has 36 heavy (non-hydrogen) atoms. The fourth-order valence-electron chi connectivity index (χ4n) is 5.12. The van der Waals surface area contributed by atoms with E-state index in [0.717, 1.165) is 57.6 Å². The number of nitrogens with zero attached hydrogens (tertiary/aromatic N) is 2. The van der Waals surface area contributed by atoms with Gasteiger partial charge in [-0.15, -0.1) is 0 Å². The predicted molar refractivity (Wildman–Crippen MR) is 147 cm³/mol. The molecule has 5 rings (SSSR count). The number of hydrogen-bond donors (Lipinski definition) is 1. The maximum absolute atomic E-state index is 6.75. The number of rotatable bonds is 7. The zero-order valence-corrected chi connectivity index (χ0v) is 21.9. The van der Waals surface area contributed by atoms with Crippen LogP contribution in [-0.2, 0) is 0 Å². The minimum atomic E-state index is 0.501. The first-order valence-electron chi connectivity index (χ1n) is 12.6. The quantitative estimate of drug-likeness (QED) is 0.291. The highest BCUT2D eigenvalue weighted by atomic mass is 35.5. The van der Waals surface area contributed by atoms with E-state index in [1.807, 2.05) is 18.3 Å². The van der Waals surface area contributed by atoms with Gasteiger partial charge >= 0.3 is 0 Å². The van der Waals surface area contributed by atoms with Crippen molar-refractivity contribution in [2.24, 2.45) is 0 Å². The number of aromatic nitrogens is 2. The van der Waals surface area contributed by atoms with Crippen LogP contribution >= 0.6 is 11.6 Å². The molecule has 4 aromatic rings. The van der Waals surface area contributed by atoms with E-state index >= 15 is 0 Å². The molecule has 6 heteroatoms. The summed E-state index contributed by atoms with van der Waals surface area (Å²) in [6, 6.07) is 12.9. The normalized spacial score (nSPS) is 15.7. The van der Waals surface area contributed by atoms with E-state index in [2.05, 4.69) is 48.4 Å². The van der Waals surface area contributed by atoms with Gasteiger partial charge in [-0.05, 0) is 63.4 Å². The lowest BCUT2D eigenvalue weighted by Gasteiger charge is -2.24. The fraction of sp³-hybridized carbons (Fsp3) is 0.333. The summed E-state index contributed by atoms with van der Waals surface area (Å²) in [5, 5.41) is 5.14. The molecule has 2 aromatic heterocycles. The van der Waals surface area contributed by atoms with Gasteiger partial charge in [-0.2, -0.15) is 0 Å². The molecule has 0 spiro atoms. The Kier molecular flexibility index (Phi) is 7.40. The Morgan fingerprint density at radius 3 is 2.58 bits per heavy atom. The number of pyridine rings is 2. The van der Waals surface area contributed by atoms with Crippen molar-refractivity contribution < 1.29 is 9.47 Å². The molecule has 1 aliphatic rings. The molecule has 1 fully saturated rings.